The number of esters is 1. The zero-order valence-corrected chi connectivity index (χ0v) is 9.84. The first-order valence-corrected chi connectivity index (χ1v) is 5.44. The van der Waals surface area contributed by atoms with Crippen molar-refractivity contribution in [2.75, 3.05) is 0 Å². The minimum absolute atomic E-state index is 0.130. The largest absolute Gasteiger partial charge is 0.458 e. The number of aromatic amines is 1. The van der Waals surface area contributed by atoms with Crippen LogP contribution < -0.4 is 0 Å². The summed E-state index contributed by atoms with van der Waals surface area (Å²) in [5.41, 5.74) is 1.26. The zero-order valence-electron chi connectivity index (χ0n) is 9.08. The molecule has 0 spiro atoms. The maximum Gasteiger partial charge on any atom is 0.355 e. The van der Waals surface area contributed by atoms with Crippen LogP contribution in [0.1, 0.15) is 24.3 Å². The molecule has 0 aliphatic heterocycles. The van der Waals surface area contributed by atoms with Crippen LogP contribution in [0.5, 0.6) is 0 Å². The highest BCUT2D eigenvalue weighted by molar-refractivity contribution is 6.35. The van der Waals surface area contributed by atoms with E-state index in [1.54, 1.807) is 12.1 Å². The minimum atomic E-state index is -0.359. The minimum Gasteiger partial charge on any atom is -0.458 e. The third-order valence-electron chi connectivity index (χ3n) is 2.17. The molecular formula is C12H12ClNO2. The molecule has 16 heavy (non-hydrogen) atoms. The van der Waals surface area contributed by atoms with Crippen molar-refractivity contribution in [3.8, 4) is 0 Å². The van der Waals surface area contributed by atoms with E-state index in [-0.39, 0.29) is 12.1 Å². The second-order valence-electron chi connectivity index (χ2n) is 3.84. The average molecular weight is 238 g/mol. The molecule has 0 fully saturated rings. The van der Waals surface area contributed by atoms with Gasteiger partial charge in [-0.05, 0) is 32.0 Å². The van der Waals surface area contributed by atoms with Crippen molar-refractivity contribution in [2.45, 2.75) is 20.0 Å². The van der Waals surface area contributed by atoms with Crippen LogP contribution in [-0.4, -0.2) is 17.1 Å². The Kier molecular flexibility index (Phi) is 2.88. The molecule has 1 aromatic carbocycles. The highest BCUT2D eigenvalue weighted by Crippen LogP contribution is 2.24. The number of nitrogens with one attached hydrogen (secondary N) is 1. The number of H-pyrrole nitrogens is 1. The summed E-state index contributed by atoms with van der Waals surface area (Å²) in [6.45, 7) is 3.63. The molecule has 3 nitrogen and oxygen atoms in total. The number of fused-ring (bicyclic) bond motifs is 1. The van der Waals surface area contributed by atoms with Gasteiger partial charge in [0.25, 0.3) is 0 Å². The number of hydrogen-bond acceptors (Lipinski definition) is 2. The van der Waals surface area contributed by atoms with Crippen molar-refractivity contribution in [1.29, 1.82) is 0 Å². The Bertz CT molecular complexity index is 531. The van der Waals surface area contributed by atoms with Crippen LogP contribution in [0, 0.1) is 0 Å². The van der Waals surface area contributed by atoms with E-state index in [9.17, 15) is 4.79 Å². The summed E-state index contributed by atoms with van der Waals surface area (Å²) in [6, 6.07) is 7.20. The van der Waals surface area contributed by atoms with Crippen LogP contribution in [0.15, 0.2) is 24.3 Å². The van der Waals surface area contributed by atoms with E-state index in [1.807, 2.05) is 26.0 Å². The fourth-order valence-electron chi connectivity index (χ4n) is 1.51. The number of aromatic nitrogens is 1. The van der Waals surface area contributed by atoms with Gasteiger partial charge in [0.15, 0.2) is 0 Å². The summed E-state index contributed by atoms with van der Waals surface area (Å²) < 4.78 is 5.09. The van der Waals surface area contributed by atoms with E-state index in [0.717, 1.165) is 10.9 Å². The lowest BCUT2D eigenvalue weighted by Gasteiger charge is -2.05. The predicted molar refractivity (Wildman–Crippen MR) is 63.9 cm³/mol. The Morgan fingerprint density at radius 3 is 2.81 bits per heavy atom. The van der Waals surface area contributed by atoms with E-state index in [1.165, 1.54) is 0 Å². The van der Waals surface area contributed by atoms with E-state index < -0.39 is 0 Å². The van der Waals surface area contributed by atoms with Crippen molar-refractivity contribution in [3.05, 3.63) is 35.0 Å². The summed E-state index contributed by atoms with van der Waals surface area (Å²) in [5.74, 6) is -0.359. The number of hydrogen-bond donors (Lipinski definition) is 1. The van der Waals surface area contributed by atoms with Crippen LogP contribution in [0.3, 0.4) is 0 Å². The molecule has 1 N–H and O–H groups in total. The molecule has 1 heterocycles. The zero-order chi connectivity index (χ0) is 11.7. The lowest BCUT2D eigenvalue weighted by atomic mass is 10.2. The standard InChI is InChI=1S/C12H12ClNO2/c1-7(2)16-12(15)11-6-8-9(13)4-3-5-10(8)14-11/h3-7,14H,1-2H3. The molecule has 0 saturated carbocycles. The van der Waals surface area contributed by atoms with E-state index >= 15 is 0 Å². The Morgan fingerprint density at radius 2 is 2.19 bits per heavy atom. The summed E-state index contributed by atoms with van der Waals surface area (Å²) in [7, 11) is 0. The van der Waals surface area contributed by atoms with Gasteiger partial charge in [-0.25, -0.2) is 4.79 Å². The van der Waals surface area contributed by atoms with Gasteiger partial charge in [-0.3, -0.25) is 0 Å². The second kappa shape index (κ2) is 4.18. The molecule has 2 aromatic rings. The first-order valence-electron chi connectivity index (χ1n) is 5.06. The van der Waals surface area contributed by atoms with Crippen molar-refractivity contribution >= 4 is 28.5 Å². The summed E-state index contributed by atoms with van der Waals surface area (Å²) >= 11 is 6.01. The van der Waals surface area contributed by atoms with Crippen LogP contribution in [0.2, 0.25) is 5.02 Å². The molecule has 0 aliphatic carbocycles. The molecule has 1 aromatic heterocycles. The fourth-order valence-corrected chi connectivity index (χ4v) is 1.73. The van der Waals surface area contributed by atoms with Gasteiger partial charge in [0.2, 0.25) is 0 Å². The van der Waals surface area contributed by atoms with Gasteiger partial charge in [-0.15, -0.1) is 0 Å². The molecule has 4 heteroatoms. The number of carbonyl (C=O) groups is 1. The monoisotopic (exact) mass is 237 g/mol. The molecule has 0 unspecified atom stereocenters. The molecule has 0 saturated heterocycles. The Hall–Kier alpha value is -1.48. The Morgan fingerprint density at radius 1 is 1.44 bits per heavy atom. The smallest absolute Gasteiger partial charge is 0.355 e. The third kappa shape index (κ3) is 2.04. The molecule has 0 bridgehead atoms. The molecule has 2 rings (SSSR count). The quantitative estimate of drug-likeness (QED) is 0.814. The summed E-state index contributed by atoms with van der Waals surface area (Å²) in [6.07, 6.45) is -0.130. The fraction of sp³-hybridized carbons (Fsp3) is 0.250. The Balaban J connectivity index is 2.40. The lowest BCUT2D eigenvalue weighted by molar-refractivity contribution is 0.0372. The molecule has 0 aliphatic rings. The topological polar surface area (TPSA) is 42.1 Å². The van der Waals surface area contributed by atoms with E-state index in [0.29, 0.717) is 10.7 Å². The van der Waals surface area contributed by atoms with Gasteiger partial charge in [-0.1, -0.05) is 17.7 Å². The van der Waals surface area contributed by atoms with Crippen LogP contribution in [0.25, 0.3) is 10.9 Å². The SMILES string of the molecule is CC(C)OC(=O)c1cc2c(Cl)cccc2[nH]1. The third-order valence-corrected chi connectivity index (χ3v) is 2.50. The highest BCUT2D eigenvalue weighted by Gasteiger charge is 2.13. The molecule has 0 radical (unpaired) electrons. The van der Waals surface area contributed by atoms with Crippen LogP contribution in [-0.2, 0) is 4.74 Å². The van der Waals surface area contributed by atoms with Crippen molar-refractivity contribution in [1.82, 2.24) is 4.98 Å². The number of carbonyl (C=O) groups excluding carboxylic acids is 1. The van der Waals surface area contributed by atoms with Gasteiger partial charge in [0.1, 0.15) is 5.69 Å². The summed E-state index contributed by atoms with van der Waals surface area (Å²) in [4.78, 5) is 14.6. The molecule has 84 valence electrons. The molecular weight excluding hydrogens is 226 g/mol. The molecule has 0 atom stereocenters. The van der Waals surface area contributed by atoms with E-state index in [2.05, 4.69) is 4.98 Å². The summed E-state index contributed by atoms with van der Waals surface area (Å²) in [5, 5.41) is 1.46. The maximum absolute atomic E-state index is 11.6. The maximum atomic E-state index is 11.6. The average Bonchev–Trinajstić information content (AvgIpc) is 2.61. The number of halogens is 1. The number of ether oxygens (including phenoxy) is 1. The van der Waals surface area contributed by atoms with Gasteiger partial charge in [0.05, 0.1) is 6.10 Å². The van der Waals surface area contributed by atoms with E-state index in [4.69, 9.17) is 16.3 Å². The molecule has 0 amide bonds. The first-order chi connectivity index (χ1) is 7.58. The first kappa shape index (κ1) is 11.0. The highest BCUT2D eigenvalue weighted by atomic mass is 35.5. The van der Waals surface area contributed by atoms with Crippen LogP contribution in [0.4, 0.5) is 0 Å². The van der Waals surface area contributed by atoms with Gasteiger partial charge < -0.3 is 9.72 Å². The predicted octanol–water partition coefficient (Wildman–Crippen LogP) is 3.39. The number of rotatable bonds is 2. The van der Waals surface area contributed by atoms with Gasteiger partial charge >= 0.3 is 5.97 Å². The number of benzene rings is 1. The Labute approximate surface area is 98.4 Å². The van der Waals surface area contributed by atoms with Gasteiger partial charge in [-0.2, -0.15) is 0 Å². The van der Waals surface area contributed by atoms with Crippen molar-refractivity contribution in [3.63, 3.8) is 0 Å². The van der Waals surface area contributed by atoms with Gasteiger partial charge in [0, 0.05) is 15.9 Å². The van der Waals surface area contributed by atoms with Crippen molar-refractivity contribution < 1.29 is 9.53 Å². The second-order valence-corrected chi connectivity index (χ2v) is 4.25. The normalized spacial score (nSPS) is 11.0. The van der Waals surface area contributed by atoms with Crippen molar-refractivity contribution in [2.24, 2.45) is 0 Å². The lowest BCUT2D eigenvalue weighted by Crippen LogP contribution is -2.11. The van der Waals surface area contributed by atoms with Crippen LogP contribution >= 0.6 is 11.6 Å².